The molecule has 0 radical (unpaired) electrons. The molecule has 0 atom stereocenters. The highest BCUT2D eigenvalue weighted by Gasteiger charge is 2.32. The summed E-state index contributed by atoms with van der Waals surface area (Å²) in [5.74, 6) is -0.263. The molecule has 0 amide bonds. The number of rotatable bonds is 2. The molecule has 0 aromatic heterocycles. The highest BCUT2D eigenvalue weighted by molar-refractivity contribution is 6.33. The van der Waals surface area contributed by atoms with Crippen LogP contribution in [-0.2, 0) is 0 Å². The second kappa shape index (κ2) is 5.13. The van der Waals surface area contributed by atoms with Gasteiger partial charge in [-0.05, 0) is 24.6 Å². The minimum atomic E-state index is -4.73. The summed E-state index contributed by atoms with van der Waals surface area (Å²) in [5, 5.41) is 0.387. The molecule has 0 unspecified atom stereocenters. The molecule has 0 N–H and O–H groups in total. The number of ether oxygens (including phenoxy) is 1. The summed E-state index contributed by atoms with van der Waals surface area (Å²) in [6.45, 7) is 1.85. The van der Waals surface area contributed by atoms with Gasteiger partial charge in [0.25, 0.3) is 0 Å². The quantitative estimate of drug-likeness (QED) is 0.736. The van der Waals surface area contributed by atoms with Crippen molar-refractivity contribution >= 4 is 11.6 Å². The normalized spacial score (nSPS) is 11.4. The first-order valence-electron chi connectivity index (χ1n) is 5.48. The molecule has 2 rings (SSSR count). The van der Waals surface area contributed by atoms with Crippen LogP contribution in [-0.4, -0.2) is 6.36 Å². The highest BCUT2D eigenvalue weighted by atomic mass is 35.5. The minimum Gasteiger partial charge on any atom is -0.405 e. The van der Waals surface area contributed by atoms with Gasteiger partial charge in [-0.1, -0.05) is 41.9 Å². The second-order valence-corrected chi connectivity index (χ2v) is 4.43. The lowest BCUT2D eigenvalue weighted by atomic mass is 10.0. The molecule has 100 valence electrons. The van der Waals surface area contributed by atoms with Crippen molar-refractivity contribution in [1.82, 2.24) is 0 Å². The lowest BCUT2D eigenvalue weighted by molar-refractivity contribution is -0.274. The van der Waals surface area contributed by atoms with E-state index in [0.717, 1.165) is 5.56 Å². The summed E-state index contributed by atoms with van der Waals surface area (Å²) >= 11 is 6.07. The van der Waals surface area contributed by atoms with Crippen LogP contribution in [0.15, 0.2) is 42.5 Å². The molecule has 0 spiro atoms. The Morgan fingerprint density at radius 3 is 2.32 bits per heavy atom. The van der Waals surface area contributed by atoms with Crippen molar-refractivity contribution in [3.8, 4) is 16.9 Å². The van der Waals surface area contributed by atoms with Crippen LogP contribution in [0, 0.1) is 6.92 Å². The molecule has 19 heavy (non-hydrogen) atoms. The summed E-state index contributed by atoms with van der Waals surface area (Å²) in [6.07, 6.45) is -4.73. The molecule has 5 heteroatoms. The molecule has 0 aliphatic heterocycles. The molecule has 0 saturated carbocycles. The van der Waals surface area contributed by atoms with Crippen molar-refractivity contribution in [2.24, 2.45) is 0 Å². The molecule has 0 fully saturated rings. The van der Waals surface area contributed by atoms with Crippen molar-refractivity contribution in [3.63, 3.8) is 0 Å². The van der Waals surface area contributed by atoms with E-state index in [4.69, 9.17) is 11.6 Å². The van der Waals surface area contributed by atoms with Crippen molar-refractivity contribution in [2.75, 3.05) is 0 Å². The fraction of sp³-hybridized carbons (Fsp3) is 0.143. The van der Waals surface area contributed by atoms with Gasteiger partial charge in [0.1, 0.15) is 5.75 Å². The zero-order chi connectivity index (χ0) is 14.0. The molecule has 1 nitrogen and oxygen atoms in total. The van der Waals surface area contributed by atoms with Gasteiger partial charge in [-0.3, -0.25) is 0 Å². The third kappa shape index (κ3) is 3.41. The maximum atomic E-state index is 12.3. The number of halogens is 4. The summed E-state index contributed by atoms with van der Waals surface area (Å²) in [5.41, 5.74) is 1.75. The Morgan fingerprint density at radius 1 is 1.00 bits per heavy atom. The maximum absolute atomic E-state index is 12.3. The SMILES string of the molecule is Cc1ccc(-c2ccccc2OC(F)(F)F)c(Cl)c1. The van der Waals surface area contributed by atoms with Crippen molar-refractivity contribution in [2.45, 2.75) is 13.3 Å². The lowest BCUT2D eigenvalue weighted by Gasteiger charge is -2.14. The van der Waals surface area contributed by atoms with Crippen LogP contribution in [0.3, 0.4) is 0 Å². The van der Waals surface area contributed by atoms with E-state index >= 15 is 0 Å². The largest absolute Gasteiger partial charge is 0.573 e. The summed E-state index contributed by atoms with van der Waals surface area (Å²) < 4.78 is 41.1. The van der Waals surface area contributed by atoms with Gasteiger partial charge in [0.2, 0.25) is 0 Å². The summed E-state index contributed by atoms with van der Waals surface area (Å²) in [4.78, 5) is 0. The van der Waals surface area contributed by atoms with Gasteiger partial charge in [-0.15, -0.1) is 13.2 Å². The number of benzene rings is 2. The van der Waals surface area contributed by atoms with Crippen LogP contribution >= 0.6 is 11.6 Å². The fourth-order valence-electron chi connectivity index (χ4n) is 1.74. The summed E-state index contributed by atoms with van der Waals surface area (Å²) in [7, 11) is 0. The Balaban J connectivity index is 2.50. The smallest absolute Gasteiger partial charge is 0.405 e. The number of alkyl halides is 3. The van der Waals surface area contributed by atoms with E-state index in [1.807, 2.05) is 6.92 Å². The van der Waals surface area contributed by atoms with E-state index in [-0.39, 0.29) is 5.75 Å². The second-order valence-electron chi connectivity index (χ2n) is 4.03. The minimum absolute atomic E-state index is 0.263. The van der Waals surface area contributed by atoms with Crippen molar-refractivity contribution in [1.29, 1.82) is 0 Å². The molecule has 0 heterocycles. The Labute approximate surface area is 113 Å². The van der Waals surface area contributed by atoms with Gasteiger partial charge in [-0.2, -0.15) is 0 Å². The Morgan fingerprint density at radius 2 is 1.68 bits per heavy atom. The van der Waals surface area contributed by atoms with E-state index in [0.29, 0.717) is 16.1 Å². The molecular formula is C14H10ClF3O. The van der Waals surface area contributed by atoms with Crippen LogP contribution in [0.2, 0.25) is 5.02 Å². The first kappa shape index (κ1) is 13.7. The number of aryl methyl sites for hydroxylation is 1. The van der Waals surface area contributed by atoms with Crippen LogP contribution in [0.5, 0.6) is 5.75 Å². The summed E-state index contributed by atoms with van der Waals surface area (Å²) in [6, 6.07) is 11.1. The first-order chi connectivity index (χ1) is 8.87. The average Bonchev–Trinajstić information content (AvgIpc) is 2.28. The predicted octanol–water partition coefficient (Wildman–Crippen LogP) is 5.21. The van der Waals surface area contributed by atoms with Crippen LogP contribution in [0.25, 0.3) is 11.1 Å². The van der Waals surface area contributed by atoms with Gasteiger partial charge in [-0.25, -0.2) is 0 Å². The third-order valence-corrected chi connectivity index (χ3v) is 2.84. The zero-order valence-corrected chi connectivity index (χ0v) is 10.7. The predicted molar refractivity (Wildman–Crippen MR) is 68.3 cm³/mol. The maximum Gasteiger partial charge on any atom is 0.573 e. The van der Waals surface area contributed by atoms with Gasteiger partial charge in [0.05, 0.1) is 0 Å². The Bertz CT molecular complexity index is 593. The number of hydrogen-bond donors (Lipinski definition) is 0. The topological polar surface area (TPSA) is 9.23 Å². The molecule has 0 aliphatic carbocycles. The molecule has 0 aliphatic rings. The van der Waals surface area contributed by atoms with Crippen molar-refractivity contribution < 1.29 is 17.9 Å². The van der Waals surface area contributed by atoms with Gasteiger partial charge in [0, 0.05) is 16.1 Å². The Kier molecular flexibility index (Phi) is 3.71. The Hall–Kier alpha value is -1.68. The first-order valence-corrected chi connectivity index (χ1v) is 5.86. The van der Waals surface area contributed by atoms with Crippen LogP contribution < -0.4 is 4.74 Å². The van der Waals surface area contributed by atoms with Gasteiger partial charge >= 0.3 is 6.36 Å². The molecule has 2 aromatic rings. The molecule has 0 bridgehead atoms. The molecule has 2 aromatic carbocycles. The lowest BCUT2D eigenvalue weighted by Crippen LogP contribution is -2.17. The van der Waals surface area contributed by atoms with Crippen LogP contribution in [0.4, 0.5) is 13.2 Å². The standard InChI is InChI=1S/C14H10ClF3O/c1-9-6-7-10(12(15)8-9)11-4-2-3-5-13(11)19-14(16,17)18/h2-8H,1H3. The van der Waals surface area contributed by atoms with E-state index in [9.17, 15) is 13.2 Å². The van der Waals surface area contributed by atoms with Gasteiger partial charge < -0.3 is 4.74 Å². The van der Waals surface area contributed by atoms with Gasteiger partial charge in [0.15, 0.2) is 0 Å². The van der Waals surface area contributed by atoms with Crippen molar-refractivity contribution in [3.05, 3.63) is 53.1 Å². The highest BCUT2D eigenvalue weighted by Crippen LogP contribution is 2.37. The molecule has 0 saturated heterocycles. The van der Waals surface area contributed by atoms with E-state index in [2.05, 4.69) is 4.74 Å². The zero-order valence-electron chi connectivity index (χ0n) is 9.96. The van der Waals surface area contributed by atoms with E-state index in [1.54, 1.807) is 24.3 Å². The third-order valence-electron chi connectivity index (χ3n) is 2.53. The fourth-order valence-corrected chi connectivity index (χ4v) is 2.08. The molecular weight excluding hydrogens is 277 g/mol. The van der Waals surface area contributed by atoms with E-state index in [1.165, 1.54) is 18.2 Å². The monoisotopic (exact) mass is 286 g/mol. The average molecular weight is 287 g/mol. The number of para-hydroxylation sites is 1. The van der Waals surface area contributed by atoms with Crippen LogP contribution in [0.1, 0.15) is 5.56 Å². The number of hydrogen-bond acceptors (Lipinski definition) is 1. The van der Waals surface area contributed by atoms with E-state index < -0.39 is 6.36 Å².